The largest absolute Gasteiger partial charge is 0.459 e. The molecule has 0 bridgehead atoms. The Kier molecular flexibility index (Phi) is 5.72. The Morgan fingerprint density at radius 2 is 1.82 bits per heavy atom. The summed E-state index contributed by atoms with van der Waals surface area (Å²) in [5, 5.41) is 15.1. The number of para-hydroxylation sites is 2. The third kappa shape index (κ3) is 4.19. The van der Waals surface area contributed by atoms with Gasteiger partial charge < -0.3 is 15.1 Å². The molecule has 142 valence electrons. The van der Waals surface area contributed by atoms with Gasteiger partial charge in [-0.3, -0.25) is 14.5 Å². The van der Waals surface area contributed by atoms with Gasteiger partial charge in [-0.05, 0) is 38.4 Å². The fraction of sp³-hybridized carbons (Fsp3) is 0.190. The van der Waals surface area contributed by atoms with Crippen molar-refractivity contribution in [2.45, 2.75) is 6.04 Å². The fourth-order valence-electron chi connectivity index (χ4n) is 2.84. The van der Waals surface area contributed by atoms with Crippen LogP contribution in [-0.2, 0) is 9.59 Å². The second-order valence-corrected chi connectivity index (χ2v) is 6.49. The van der Waals surface area contributed by atoms with Gasteiger partial charge in [0.05, 0.1) is 17.3 Å². The third-order valence-corrected chi connectivity index (χ3v) is 4.35. The molecular weight excluding hydrogens is 356 g/mol. The summed E-state index contributed by atoms with van der Waals surface area (Å²) in [4.78, 5) is 26.3. The Bertz CT molecular complexity index is 1020. The van der Waals surface area contributed by atoms with Crippen molar-refractivity contribution < 1.29 is 14.0 Å². The van der Waals surface area contributed by atoms with Crippen molar-refractivity contribution in [3.8, 4) is 6.07 Å². The van der Waals surface area contributed by atoms with Crippen molar-refractivity contribution in [1.29, 1.82) is 5.26 Å². The lowest BCUT2D eigenvalue weighted by atomic mass is 10.1. The van der Waals surface area contributed by atoms with Crippen LogP contribution in [0.1, 0.15) is 17.4 Å². The SMILES string of the molecule is CN(C)[C@H](CNC(=O)C(=O)Nc1ccccc1C#N)c1cc2ccccc2o1. The lowest BCUT2D eigenvalue weighted by molar-refractivity contribution is -0.136. The first kappa shape index (κ1) is 19.1. The number of furan rings is 1. The van der Waals surface area contributed by atoms with E-state index < -0.39 is 11.8 Å². The normalized spacial score (nSPS) is 11.8. The third-order valence-electron chi connectivity index (χ3n) is 4.35. The number of likely N-dealkylation sites (N-methyl/N-ethyl adjacent to an activating group) is 1. The summed E-state index contributed by atoms with van der Waals surface area (Å²) in [7, 11) is 3.74. The molecule has 1 atom stereocenters. The van der Waals surface area contributed by atoms with Crippen LogP contribution in [0, 0.1) is 11.3 Å². The molecule has 0 fully saturated rings. The predicted molar refractivity (Wildman–Crippen MR) is 105 cm³/mol. The fourth-order valence-corrected chi connectivity index (χ4v) is 2.84. The van der Waals surface area contributed by atoms with Crippen LogP contribution in [0.5, 0.6) is 0 Å². The molecule has 0 saturated carbocycles. The molecular formula is C21H20N4O3. The van der Waals surface area contributed by atoms with Crippen molar-refractivity contribution in [2.24, 2.45) is 0 Å². The summed E-state index contributed by atoms with van der Waals surface area (Å²) in [6, 6.07) is 17.8. The number of nitrogens with zero attached hydrogens (tertiary/aromatic N) is 2. The quantitative estimate of drug-likeness (QED) is 0.667. The molecule has 2 amide bonds. The number of carbonyl (C=O) groups is 2. The molecule has 3 rings (SSSR count). The monoisotopic (exact) mass is 376 g/mol. The summed E-state index contributed by atoms with van der Waals surface area (Å²) < 4.78 is 5.88. The number of fused-ring (bicyclic) bond motifs is 1. The van der Waals surface area contributed by atoms with E-state index in [0.717, 1.165) is 11.0 Å². The highest BCUT2D eigenvalue weighted by atomic mass is 16.3. The average molecular weight is 376 g/mol. The maximum atomic E-state index is 12.2. The molecule has 3 aromatic rings. The number of nitrogens with one attached hydrogen (secondary N) is 2. The van der Waals surface area contributed by atoms with Gasteiger partial charge >= 0.3 is 11.8 Å². The van der Waals surface area contributed by atoms with E-state index in [1.165, 1.54) is 0 Å². The van der Waals surface area contributed by atoms with Gasteiger partial charge in [-0.25, -0.2) is 0 Å². The molecule has 2 N–H and O–H groups in total. The Morgan fingerprint density at radius 3 is 2.54 bits per heavy atom. The van der Waals surface area contributed by atoms with Crippen molar-refractivity contribution in [3.05, 3.63) is 65.9 Å². The molecule has 0 unspecified atom stereocenters. The molecule has 0 radical (unpaired) electrons. The van der Waals surface area contributed by atoms with E-state index in [1.807, 2.05) is 55.4 Å². The van der Waals surface area contributed by atoms with Gasteiger partial charge in [-0.15, -0.1) is 0 Å². The molecule has 2 aromatic carbocycles. The highest BCUT2D eigenvalue weighted by molar-refractivity contribution is 6.39. The topological polar surface area (TPSA) is 98.4 Å². The molecule has 0 spiro atoms. The molecule has 7 nitrogen and oxygen atoms in total. The standard InChI is InChI=1S/C21H20N4O3/c1-25(2)17(19-11-14-7-4-6-10-18(14)28-19)13-23-20(26)21(27)24-16-9-5-3-8-15(16)12-22/h3-11,17H,13H2,1-2H3,(H,23,26)(H,24,27)/t17-/m1/s1. The lowest BCUT2D eigenvalue weighted by Crippen LogP contribution is -2.40. The first-order valence-corrected chi connectivity index (χ1v) is 8.73. The molecule has 1 aromatic heterocycles. The zero-order chi connectivity index (χ0) is 20.1. The van der Waals surface area contributed by atoms with Gasteiger partial charge in [0.15, 0.2) is 0 Å². The Hall–Kier alpha value is -3.63. The minimum absolute atomic E-state index is 0.193. The van der Waals surface area contributed by atoms with Crippen molar-refractivity contribution in [3.63, 3.8) is 0 Å². The van der Waals surface area contributed by atoms with Crippen LogP contribution in [0.4, 0.5) is 5.69 Å². The zero-order valence-corrected chi connectivity index (χ0v) is 15.6. The zero-order valence-electron chi connectivity index (χ0n) is 15.6. The van der Waals surface area contributed by atoms with E-state index in [1.54, 1.807) is 24.3 Å². The summed E-state index contributed by atoms with van der Waals surface area (Å²) in [6.07, 6.45) is 0. The minimum Gasteiger partial charge on any atom is -0.459 e. The van der Waals surface area contributed by atoms with Crippen LogP contribution in [0.2, 0.25) is 0 Å². The second kappa shape index (κ2) is 8.37. The Balaban J connectivity index is 1.67. The van der Waals surface area contributed by atoms with Gasteiger partial charge in [0, 0.05) is 11.9 Å². The van der Waals surface area contributed by atoms with Gasteiger partial charge in [0.1, 0.15) is 17.4 Å². The molecule has 0 aliphatic carbocycles. The predicted octanol–water partition coefficient (Wildman–Crippen LogP) is 2.66. The lowest BCUT2D eigenvalue weighted by Gasteiger charge is -2.22. The number of hydrogen-bond donors (Lipinski definition) is 2. The summed E-state index contributed by atoms with van der Waals surface area (Å²) in [5.41, 5.74) is 1.35. The molecule has 0 saturated heterocycles. The summed E-state index contributed by atoms with van der Waals surface area (Å²) in [6.45, 7) is 0.193. The van der Waals surface area contributed by atoms with Crippen LogP contribution in [0.25, 0.3) is 11.0 Å². The van der Waals surface area contributed by atoms with Crippen molar-refractivity contribution in [1.82, 2.24) is 10.2 Å². The van der Waals surface area contributed by atoms with Crippen LogP contribution in [0.3, 0.4) is 0 Å². The minimum atomic E-state index is -0.829. The molecule has 28 heavy (non-hydrogen) atoms. The van der Waals surface area contributed by atoms with Crippen LogP contribution in [-0.4, -0.2) is 37.4 Å². The Morgan fingerprint density at radius 1 is 1.11 bits per heavy atom. The van der Waals surface area contributed by atoms with Gasteiger partial charge in [0.25, 0.3) is 0 Å². The molecule has 0 aliphatic rings. The number of nitriles is 1. The number of hydrogen-bond acceptors (Lipinski definition) is 5. The highest BCUT2D eigenvalue weighted by Crippen LogP contribution is 2.26. The number of carbonyl (C=O) groups excluding carboxylic acids is 2. The molecule has 0 aliphatic heterocycles. The number of rotatable bonds is 5. The van der Waals surface area contributed by atoms with Gasteiger partial charge in [-0.2, -0.15) is 5.26 Å². The smallest absolute Gasteiger partial charge is 0.313 e. The van der Waals surface area contributed by atoms with E-state index in [2.05, 4.69) is 10.6 Å². The first-order valence-electron chi connectivity index (χ1n) is 8.73. The van der Waals surface area contributed by atoms with E-state index in [9.17, 15) is 9.59 Å². The van der Waals surface area contributed by atoms with Gasteiger partial charge in [0.2, 0.25) is 0 Å². The number of benzene rings is 2. The van der Waals surface area contributed by atoms with E-state index >= 15 is 0 Å². The summed E-state index contributed by atoms with van der Waals surface area (Å²) in [5.74, 6) is -0.915. The van der Waals surface area contributed by atoms with Crippen molar-refractivity contribution >= 4 is 28.5 Å². The number of amides is 2. The average Bonchev–Trinajstić information content (AvgIpc) is 3.11. The van der Waals surface area contributed by atoms with Crippen molar-refractivity contribution in [2.75, 3.05) is 26.0 Å². The number of anilines is 1. The first-order chi connectivity index (χ1) is 13.5. The second-order valence-electron chi connectivity index (χ2n) is 6.49. The maximum absolute atomic E-state index is 12.2. The molecule has 1 heterocycles. The highest BCUT2D eigenvalue weighted by Gasteiger charge is 2.22. The summed E-state index contributed by atoms with van der Waals surface area (Å²) >= 11 is 0. The molecule has 7 heteroatoms. The maximum Gasteiger partial charge on any atom is 0.313 e. The van der Waals surface area contributed by atoms with Gasteiger partial charge in [-0.1, -0.05) is 30.3 Å². The Labute approximate surface area is 162 Å². The van der Waals surface area contributed by atoms with Crippen LogP contribution >= 0.6 is 0 Å². The van der Waals surface area contributed by atoms with E-state index in [0.29, 0.717) is 11.4 Å². The van der Waals surface area contributed by atoms with E-state index in [4.69, 9.17) is 9.68 Å². The van der Waals surface area contributed by atoms with Crippen LogP contribution < -0.4 is 10.6 Å². The van der Waals surface area contributed by atoms with Crippen LogP contribution in [0.15, 0.2) is 59.0 Å². The van der Waals surface area contributed by atoms with E-state index in [-0.39, 0.29) is 18.2 Å².